The summed E-state index contributed by atoms with van der Waals surface area (Å²) < 4.78 is 11.0. The Labute approximate surface area is 96.1 Å². The standard InChI is InChI=1S/C10H12BrNO3/c11-9-4-7(6-15-9)5-12-10(13)8-2-1-3-14-8/h4,6,8H,1-3,5H2,(H,12,13)/t8-/m1/s1. The number of carbonyl (C=O) groups is 1. The molecule has 1 fully saturated rings. The van der Waals surface area contributed by atoms with Gasteiger partial charge in [0.05, 0.1) is 6.26 Å². The number of rotatable bonds is 3. The van der Waals surface area contributed by atoms with E-state index in [1.807, 2.05) is 6.07 Å². The van der Waals surface area contributed by atoms with E-state index in [0.29, 0.717) is 17.8 Å². The van der Waals surface area contributed by atoms with Gasteiger partial charge in [0.1, 0.15) is 6.10 Å². The Hall–Kier alpha value is -0.810. The van der Waals surface area contributed by atoms with Crippen molar-refractivity contribution in [2.75, 3.05) is 6.61 Å². The molecule has 1 saturated heterocycles. The van der Waals surface area contributed by atoms with Gasteiger partial charge < -0.3 is 14.5 Å². The molecule has 0 spiro atoms. The first kappa shape index (κ1) is 10.7. The zero-order valence-electron chi connectivity index (χ0n) is 8.16. The Balaban J connectivity index is 1.80. The van der Waals surface area contributed by atoms with Crippen LogP contribution >= 0.6 is 15.9 Å². The molecule has 0 bridgehead atoms. The van der Waals surface area contributed by atoms with Crippen LogP contribution in [0.3, 0.4) is 0 Å². The lowest BCUT2D eigenvalue weighted by atomic mass is 10.2. The molecule has 1 aromatic heterocycles. The first-order valence-corrected chi connectivity index (χ1v) is 5.67. The molecule has 4 nitrogen and oxygen atoms in total. The fourth-order valence-corrected chi connectivity index (χ4v) is 1.91. The molecule has 1 aliphatic rings. The smallest absolute Gasteiger partial charge is 0.249 e. The zero-order chi connectivity index (χ0) is 10.7. The molecule has 1 N–H and O–H groups in total. The van der Waals surface area contributed by atoms with Crippen molar-refractivity contribution in [1.82, 2.24) is 5.32 Å². The highest BCUT2D eigenvalue weighted by Crippen LogP contribution is 2.15. The number of carbonyl (C=O) groups excluding carboxylic acids is 1. The fraction of sp³-hybridized carbons (Fsp3) is 0.500. The molecule has 1 atom stereocenters. The normalized spacial score (nSPS) is 20.5. The van der Waals surface area contributed by atoms with E-state index in [1.54, 1.807) is 6.26 Å². The van der Waals surface area contributed by atoms with Crippen molar-refractivity contribution in [1.29, 1.82) is 0 Å². The van der Waals surface area contributed by atoms with Crippen LogP contribution in [0, 0.1) is 0 Å². The molecule has 1 amide bonds. The van der Waals surface area contributed by atoms with E-state index in [4.69, 9.17) is 9.15 Å². The minimum absolute atomic E-state index is 0.0372. The van der Waals surface area contributed by atoms with Crippen molar-refractivity contribution >= 4 is 21.8 Å². The molecule has 1 aliphatic heterocycles. The molecule has 0 aromatic carbocycles. The monoisotopic (exact) mass is 273 g/mol. The Bertz CT molecular complexity index is 344. The molecule has 2 rings (SSSR count). The highest BCUT2D eigenvalue weighted by Gasteiger charge is 2.23. The number of halogens is 1. The molecule has 15 heavy (non-hydrogen) atoms. The lowest BCUT2D eigenvalue weighted by molar-refractivity contribution is -0.130. The van der Waals surface area contributed by atoms with Gasteiger partial charge in [-0.25, -0.2) is 0 Å². The van der Waals surface area contributed by atoms with Gasteiger partial charge in [-0.3, -0.25) is 4.79 Å². The van der Waals surface area contributed by atoms with Crippen molar-refractivity contribution in [3.05, 3.63) is 22.6 Å². The average molecular weight is 274 g/mol. The molecular formula is C10H12BrNO3. The molecule has 0 unspecified atom stereocenters. The van der Waals surface area contributed by atoms with Gasteiger partial charge in [-0.1, -0.05) is 0 Å². The summed E-state index contributed by atoms with van der Waals surface area (Å²) in [6, 6.07) is 1.83. The maximum absolute atomic E-state index is 11.5. The molecule has 1 aromatic rings. The van der Waals surface area contributed by atoms with Gasteiger partial charge >= 0.3 is 0 Å². The third kappa shape index (κ3) is 2.82. The van der Waals surface area contributed by atoms with Crippen molar-refractivity contribution < 1.29 is 13.9 Å². The number of amides is 1. The van der Waals surface area contributed by atoms with Gasteiger partial charge in [0.15, 0.2) is 4.67 Å². The number of hydrogen-bond donors (Lipinski definition) is 1. The minimum Gasteiger partial charge on any atom is -0.457 e. The predicted molar refractivity (Wildman–Crippen MR) is 57.2 cm³/mol. The summed E-state index contributed by atoms with van der Waals surface area (Å²) in [6.07, 6.45) is 3.14. The van der Waals surface area contributed by atoms with E-state index in [1.165, 1.54) is 0 Å². The van der Waals surface area contributed by atoms with Gasteiger partial charge in [-0.05, 0) is 34.8 Å². The largest absolute Gasteiger partial charge is 0.457 e. The van der Waals surface area contributed by atoms with Crippen LogP contribution in [0.1, 0.15) is 18.4 Å². The second-order valence-electron chi connectivity index (χ2n) is 3.48. The van der Waals surface area contributed by atoms with Crippen LogP contribution in [0.15, 0.2) is 21.4 Å². The first-order valence-electron chi connectivity index (χ1n) is 4.88. The summed E-state index contributed by atoms with van der Waals surface area (Å²) in [5.41, 5.74) is 0.938. The van der Waals surface area contributed by atoms with Crippen molar-refractivity contribution in [2.24, 2.45) is 0 Å². The minimum atomic E-state index is -0.264. The van der Waals surface area contributed by atoms with Crippen LogP contribution in [-0.2, 0) is 16.1 Å². The zero-order valence-corrected chi connectivity index (χ0v) is 9.75. The Morgan fingerprint density at radius 2 is 2.53 bits per heavy atom. The molecule has 5 heteroatoms. The van der Waals surface area contributed by atoms with E-state index in [0.717, 1.165) is 18.4 Å². The molecule has 0 aliphatic carbocycles. The number of hydrogen-bond acceptors (Lipinski definition) is 3. The summed E-state index contributed by atoms with van der Waals surface area (Å²) in [6.45, 7) is 1.17. The average Bonchev–Trinajstić information content (AvgIpc) is 2.84. The fourth-order valence-electron chi connectivity index (χ4n) is 1.53. The van der Waals surface area contributed by atoms with Crippen LogP contribution in [0.2, 0.25) is 0 Å². The second-order valence-corrected chi connectivity index (χ2v) is 4.26. The lowest BCUT2D eigenvalue weighted by Gasteiger charge is -2.08. The summed E-state index contributed by atoms with van der Waals surface area (Å²) in [5, 5.41) is 2.81. The first-order chi connectivity index (χ1) is 7.25. The van der Waals surface area contributed by atoms with Gasteiger partial charge in [0.2, 0.25) is 5.91 Å². The van der Waals surface area contributed by atoms with E-state index >= 15 is 0 Å². The van der Waals surface area contributed by atoms with E-state index in [-0.39, 0.29) is 12.0 Å². The third-order valence-electron chi connectivity index (χ3n) is 2.31. The second kappa shape index (κ2) is 4.81. The Kier molecular flexibility index (Phi) is 3.43. The Morgan fingerprint density at radius 3 is 3.13 bits per heavy atom. The summed E-state index contributed by atoms with van der Waals surface area (Å²) in [4.78, 5) is 11.5. The van der Waals surface area contributed by atoms with Crippen LogP contribution < -0.4 is 5.32 Å². The molecule has 0 radical (unpaired) electrons. The number of nitrogens with one attached hydrogen (secondary N) is 1. The van der Waals surface area contributed by atoms with Crippen molar-refractivity contribution in [3.63, 3.8) is 0 Å². The highest BCUT2D eigenvalue weighted by atomic mass is 79.9. The predicted octanol–water partition coefficient (Wildman–Crippen LogP) is 1.84. The van der Waals surface area contributed by atoms with Gasteiger partial charge in [0, 0.05) is 18.7 Å². The summed E-state index contributed by atoms with van der Waals surface area (Å²) >= 11 is 3.20. The van der Waals surface area contributed by atoms with Crippen LogP contribution in [0.4, 0.5) is 0 Å². The quantitative estimate of drug-likeness (QED) is 0.915. The molecule has 2 heterocycles. The molecule has 0 saturated carbocycles. The van der Waals surface area contributed by atoms with Crippen LogP contribution in [0.25, 0.3) is 0 Å². The van der Waals surface area contributed by atoms with E-state index < -0.39 is 0 Å². The topological polar surface area (TPSA) is 51.5 Å². The number of furan rings is 1. The van der Waals surface area contributed by atoms with Crippen molar-refractivity contribution in [2.45, 2.75) is 25.5 Å². The highest BCUT2D eigenvalue weighted by molar-refractivity contribution is 9.10. The maximum Gasteiger partial charge on any atom is 0.249 e. The van der Waals surface area contributed by atoms with Gasteiger partial charge in [-0.15, -0.1) is 0 Å². The van der Waals surface area contributed by atoms with Gasteiger partial charge in [-0.2, -0.15) is 0 Å². The van der Waals surface area contributed by atoms with Crippen LogP contribution in [-0.4, -0.2) is 18.6 Å². The maximum atomic E-state index is 11.5. The Morgan fingerprint density at radius 1 is 1.67 bits per heavy atom. The lowest BCUT2D eigenvalue weighted by Crippen LogP contribution is -2.33. The van der Waals surface area contributed by atoms with E-state index in [9.17, 15) is 4.79 Å². The summed E-state index contributed by atoms with van der Waals surface area (Å²) in [5.74, 6) is -0.0372. The third-order valence-corrected chi connectivity index (χ3v) is 2.73. The summed E-state index contributed by atoms with van der Waals surface area (Å²) in [7, 11) is 0. The van der Waals surface area contributed by atoms with E-state index in [2.05, 4.69) is 21.2 Å². The van der Waals surface area contributed by atoms with Crippen LogP contribution in [0.5, 0.6) is 0 Å². The molecule has 82 valence electrons. The van der Waals surface area contributed by atoms with Crippen molar-refractivity contribution in [3.8, 4) is 0 Å². The SMILES string of the molecule is O=C(NCc1coc(Br)c1)[C@H]1CCCO1. The van der Waals surface area contributed by atoms with Gasteiger partial charge in [0.25, 0.3) is 0 Å². The number of ether oxygens (including phenoxy) is 1. The molecular weight excluding hydrogens is 262 g/mol.